The fourth-order valence-electron chi connectivity index (χ4n) is 1.79. The minimum atomic E-state index is -0.286. The molecule has 1 aromatic carbocycles. The van der Waals surface area contributed by atoms with Crippen LogP contribution in [0, 0.1) is 0 Å². The molecule has 1 N–H and O–H groups in total. The van der Waals surface area contributed by atoms with Crippen LogP contribution in [0.15, 0.2) is 24.3 Å². The molecule has 2 aromatic rings. The van der Waals surface area contributed by atoms with Gasteiger partial charge in [0.15, 0.2) is 0 Å². The van der Waals surface area contributed by atoms with Crippen LogP contribution < -0.4 is 10.1 Å². The Morgan fingerprint density at radius 2 is 2.23 bits per heavy atom. The molecule has 0 radical (unpaired) electrons. The third-order valence-electron chi connectivity index (χ3n) is 3.11. The Balaban J connectivity index is 2.03. The van der Waals surface area contributed by atoms with Crippen molar-refractivity contribution in [2.24, 2.45) is 0 Å². The highest BCUT2D eigenvalue weighted by Crippen LogP contribution is 2.16. The summed E-state index contributed by atoms with van der Waals surface area (Å²) >= 11 is 0. The van der Waals surface area contributed by atoms with Gasteiger partial charge >= 0.3 is 0 Å². The number of rotatable bonds is 7. The molecule has 7 nitrogen and oxygen atoms in total. The van der Waals surface area contributed by atoms with Crippen LogP contribution in [-0.4, -0.2) is 32.2 Å². The molecule has 0 saturated heterocycles. The number of ether oxygens (including phenoxy) is 1. The molecule has 1 heterocycles. The number of nitrogens with one attached hydrogen (secondary N) is 1. The molecular formula is C15H21N5O2. The monoisotopic (exact) mass is 303 g/mol. The Kier molecular flexibility index (Phi) is 5.46. The quantitative estimate of drug-likeness (QED) is 0.850. The lowest BCUT2D eigenvalue weighted by Gasteiger charge is -2.13. The van der Waals surface area contributed by atoms with Gasteiger partial charge < -0.3 is 4.74 Å². The van der Waals surface area contributed by atoms with Gasteiger partial charge in [-0.1, -0.05) is 25.0 Å². The summed E-state index contributed by atoms with van der Waals surface area (Å²) in [5, 5.41) is 14.4. The number of hydrogen-bond donors (Lipinski definition) is 1. The van der Waals surface area contributed by atoms with E-state index in [1.807, 2.05) is 26.8 Å². The van der Waals surface area contributed by atoms with Gasteiger partial charge in [-0.15, -0.1) is 5.10 Å². The highest BCUT2D eigenvalue weighted by Gasteiger charge is 2.11. The number of nitrogens with zero attached hydrogens (tertiary/aromatic N) is 4. The summed E-state index contributed by atoms with van der Waals surface area (Å²) in [4.78, 5) is 13.7. The van der Waals surface area contributed by atoms with E-state index in [4.69, 9.17) is 4.74 Å². The van der Waals surface area contributed by atoms with Gasteiger partial charge in [0.25, 0.3) is 11.9 Å². The van der Waals surface area contributed by atoms with E-state index >= 15 is 0 Å². The molecule has 1 unspecified atom stereocenters. The van der Waals surface area contributed by atoms with Crippen molar-refractivity contribution in [1.82, 2.24) is 20.2 Å². The van der Waals surface area contributed by atoms with Crippen molar-refractivity contribution in [3.63, 3.8) is 0 Å². The fourth-order valence-corrected chi connectivity index (χ4v) is 1.79. The van der Waals surface area contributed by atoms with Crippen LogP contribution in [0.3, 0.4) is 0 Å². The maximum atomic E-state index is 12.2. The Morgan fingerprint density at radius 1 is 1.41 bits per heavy atom. The van der Waals surface area contributed by atoms with Gasteiger partial charge in [-0.3, -0.25) is 10.1 Å². The highest BCUT2D eigenvalue weighted by atomic mass is 16.5. The standard InChI is InChI=1S/C15H21N5O2/c1-4-9-20-18-15(17-19-20)16-14(21)12-7-6-8-13(10-12)22-11(3)5-2/h6-8,10-11H,4-5,9H2,1-3H3,(H,16,18,21). The van der Waals surface area contributed by atoms with Gasteiger partial charge in [-0.05, 0) is 43.2 Å². The smallest absolute Gasteiger partial charge is 0.270 e. The second-order valence-corrected chi connectivity index (χ2v) is 5.03. The second kappa shape index (κ2) is 7.53. The summed E-state index contributed by atoms with van der Waals surface area (Å²) in [5.41, 5.74) is 0.493. The van der Waals surface area contributed by atoms with Gasteiger partial charge in [0.1, 0.15) is 5.75 Å². The summed E-state index contributed by atoms with van der Waals surface area (Å²) in [5.74, 6) is 0.585. The van der Waals surface area contributed by atoms with E-state index in [9.17, 15) is 4.79 Å². The van der Waals surface area contributed by atoms with Crippen molar-refractivity contribution in [1.29, 1.82) is 0 Å². The molecule has 0 aliphatic carbocycles. The predicted molar refractivity (Wildman–Crippen MR) is 82.9 cm³/mol. The molecule has 1 atom stereocenters. The zero-order valence-electron chi connectivity index (χ0n) is 13.1. The number of tetrazole rings is 1. The summed E-state index contributed by atoms with van der Waals surface area (Å²) in [6.07, 6.45) is 1.91. The van der Waals surface area contributed by atoms with Crippen molar-refractivity contribution < 1.29 is 9.53 Å². The maximum Gasteiger partial charge on any atom is 0.270 e. The average Bonchev–Trinajstić information content (AvgIpc) is 2.95. The topological polar surface area (TPSA) is 81.9 Å². The molecule has 118 valence electrons. The summed E-state index contributed by atoms with van der Waals surface area (Å²) in [6, 6.07) is 7.04. The van der Waals surface area contributed by atoms with E-state index in [1.165, 1.54) is 4.80 Å². The second-order valence-electron chi connectivity index (χ2n) is 5.03. The Bertz CT molecular complexity index is 626. The molecule has 1 aromatic heterocycles. The summed E-state index contributed by atoms with van der Waals surface area (Å²) < 4.78 is 5.71. The predicted octanol–water partition coefficient (Wildman–Crippen LogP) is 2.51. The van der Waals surface area contributed by atoms with Crippen molar-refractivity contribution in [2.75, 3.05) is 5.32 Å². The largest absolute Gasteiger partial charge is 0.491 e. The normalized spacial score (nSPS) is 12.0. The number of aromatic nitrogens is 4. The highest BCUT2D eigenvalue weighted by molar-refractivity contribution is 6.03. The lowest BCUT2D eigenvalue weighted by atomic mass is 10.2. The van der Waals surface area contributed by atoms with E-state index < -0.39 is 0 Å². The molecule has 0 bridgehead atoms. The van der Waals surface area contributed by atoms with Crippen molar-refractivity contribution >= 4 is 11.9 Å². The Morgan fingerprint density at radius 3 is 2.95 bits per heavy atom. The molecule has 0 aliphatic rings. The van der Waals surface area contributed by atoms with Gasteiger partial charge in [0.05, 0.1) is 12.6 Å². The zero-order chi connectivity index (χ0) is 15.9. The van der Waals surface area contributed by atoms with Crippen LogP contribution >= 0.6 is 0 Å². The van der Waals surface area contributed by atoms with Gasteiger partial charge in [0.2, 0.25) is 0 Å². The van der Waals surface area contributed by atoms with E-state index in [-0.39, 0.29) is 18.0 Å². The van der Waals surface area contributed by atoms with Crippen molar-refractivity contribution in [3.8, 4) is 5.75 Å². The number of amides is 1. The first-order valence-electron chi connectivity index (χ1n) is 7.48. The Hall–Kier alpha value is -2.44. The average molecular weight is 303 g/mol. The van der Waals surface area contributed by atoms with Crippen molar-refractivity contribution in [2.45, 2.75) is 46.3 Å². The van der Waals surface area contributed by atoms with E-state index in [2.05, 4.69) is 20.7 Å². The lowest BCUT2D eigenvalue weighted by molar-refractivity contribution is 0.102. The summed E-state index contributed by atoms with van der Waals surface area (Å²) in [6.45, 7) is 6.72. The van der Waals surface area contributed by atoms with Gasteiger partial charge in [-0.2, -0.15) is 4.80 Å². The number of benzene rings is 1. The molecular weight excluding hydrogens is 282 g/mol. The first kappa shape index (κ1) is 15.9. The molecule has 2 rings (SSSR count). The molecule has 0 saturated carbocycles. The maximum absolute atomic E-state index is 12.2. The SMILES string of the molecule is CCCn1nnc(NC(=O)c2cccc(OC(C)CC)c2)n1. The van der Waals surface area contributed by atoms with Crippen molar-refractivity contribution in [3.05, 3.63) is 29.8 Å². The van der Waals surface area contributed by atoms with Crippen LogP contribution in [-0.2, 0) is 6.54 Å². The van der Waals surface area contributed by atoms with Crippen LogP contribution in [0.4, 0.5) is 5.95 Å². The number of carbonyl (C=O) groups excluding carboxylic acids is 1. The van der Waals surface area contributed by atoms with Crippen LogP contribution in [0.2, 0.25) is 0 Å². The Labute approximate surface area is 129 Å². The fraction of sp³-hybridized carbons (Fsp3) is 0.467. The number of anilines is 1. The van der Waals surface area contributed by atoms with Crippen LogP contribution in [0.1, 0.15) is 44.0 Å². The van der Waals surface area contributed by atoms with E-state index in [0.717, 1.165) is 12.8 Å². The number of carbonyl (C=O) groups is 1. The number of hydrogen-bond acceptors (Lipinski definition) is 5. The zero-order valence-corrected chi connectivity index (χ0v) is 13.1. The van der Waals surface area contributed by atoms with Gasteiger partial charge in [-0.25, -0.2) is 0 Å². The molecule has 0 aliphatic heterocycles. The molecule has 22 heavy (non-hydrogen) atoms. The molecule has 0 fully saturated rings. The van der Waals surface area contributed by atoms with Crippen LogP contribution in [0.5, 0.6) is 5.75 Å². The molecule has 1 amide bonds. The number of aryl methyl sites for hydroxylation is 1. The van der Waals surface area contributed by atoms with E-state index in [0.29, 0.717) is 17.9 Å². The van der Waals surface area contributed by atoms with Gasteiger partial charge in [0, 0.05) is 5.56 Å². The van der Waals surface area contributed by atoms with Crippen LogP contribution in [0.25, 0.3) is 0 Å². The third-order valence-corrected chi connectivity index (χ3v) is 3.11. The minimum absolute atomic E-state index is 0.105. The third kappa shape index (κ3) is 4.28. The molecule has 0 spiro atoms. The molecule has 7 heteroatoms. The van der Waals surface area contributed by atoms with E-state index in [1.54, 1.807) is 18.2 Å². The summed E-state index contributed by atoms with van der Waals surface area (Å²) in [7, 11) is 0. The first-order valence-corrected chi connectivity index (χ1v) is 7.48. The first-order chi connectivity index (χ1) is 10.6. The lowest BCUT2D eigenvalue weighted by Crippen LogP contribution is -2.14. The minimum Gasteiger partial charge on any atom is -0.491 e.